The van der Waals surface area contributed by atoms with Gasteiger partial charge in [-0.3, -0.25) is 4.79 Å². The Hall–Kier alpha value is -1.39. The molecule has 0 aliphatic heterocycles. The van der Waals surface area contributed by atoms with Crippen molar-refractivity contribution in [3.8, 4) is 0 Å². The Morgan fingerprint density at radius 3 is 2.05 bits per heavy atom. The second-order valence-corrected chi connectivity index (χ2v) is 6.84. The van der Waals surface area contributed by atoms with Crippen LogP contribution in [0.4, 0.5) is 4.79 Å². The molecule has 0 saturated heterocycles. The summed E-state index contributed by atoms with van der Waals surface area (Å²) in [5, 5.41) is 2.59. The van der Waals surface area contributed by atoms with Crippen molar-refractivity contribution in [2.45, 2.75) is 78.9 Å². The first-order valence-corrected chi connectivity index (χ1v) is 7.53. The van der Waals surface area contributed by atoms with Gasteiger partial charge in [0.1, 0.15) is 11.4 Å². The Morgan fingerprint density at radius 2 is 1.62 bits per heavy atom. The van der Waals surface area contributed by atoms with E-state index in [2.05, 4.69) is 5.32 Å². The summed E-state index contributed by atoms with van der Waals surface area (Å²) in [6.45, 7) is 10.8. The van der Waals surface area contributed by atoms with Gasteiger partial charge in [-0.2, -0.15) is 0 Å². The van der Waals surface area contributed by atoms with Gasteiger partial charge in [-0.15, -0.1) is 0 Å². The molecule has 1 amide bonds. The standard InChI is InChI=1S/C16H29NO4/c1-11(2)7-10-14(19)13(9-8-12(3)18)17-15(20)21-16(4,5)6/h11,13H,7-10H2,1-6H3,(H,17,20)/t13-/m1/s1. The molecular weight excluding hydrogens is 270 g/mol. The molecule has 5 heteroatoms. The monoisotopic (exact) mass is 299 g/mol. The average molecular weight is 299 g/mol. The summed E-state index contributed by atoms with van der Waals surface area (Å²) < 4.78 is 5.16. The molecule has 0 heterocycles. The fourth-order valence-electron chi connectivity index (χ4n) is 1.72. The zero-order valence-corrected chi connectivity index (χ0v) is 14.1. The molecule has 1 N–H and O–H groups in total. The molecule has 0 aromatic rings. The molecule has 0 bridgehead atoms. The smallest absolute Gasteiger partial charge is 0.408 e. The Morgan fingerprint density at radius 1 is 1.05 bits per heavy atom. The minimum absolute atomic E-state index is 0.00245. The van der Waals surface area contributed by atoms with E-state index < -0.39 is 17.7 Å². The molecule has 1 atom stereocenters. The molecular formula is C16H29NO4. The van der Waals surface area contributed by atoms with Gasteiger partial charge in [0, 0.05) is 12.8 Å². The van der Waals surface area contributed by atoms with Gasteiger partial charge in [0.05, 0.1) is 6.04 Å². The van der Waals surface area contributed by atoms with E-state index in [1.807, 2.05) is 13.8 Å². The maximum absolute atomic E-state index is 12.2. The summed E-state index contributed by atoms with van der Waals surface area (Å²) in [5.74, 6) is 0.377. The maximum Gasteiger partial charge on any atom is 0.408 e. The van der Waals surface area contributed by atoms with Crippen LogP contribution in [0.5, 0.6) is 0 Å². The zero-order chi connectivity index (χ0) is 16.6. The highest BCUT2D eigenvalue weighted by molar-refractivity contribution is 5.88. The molecule has 0 spiro atoms. The van der Waals surface area contributed by atoms with E-state index in [9.17, 15) is 14.4 Å². The van der Waals surface area contributed by atoms with Gasteiger partial charge in [0.2, 0.25) is 0 Å². The number of carbonyl (C=O) groups excluding carboxylic acids is 3. The number of ketones is 2. The summed E-state index contributed by atoms with van der Waals surface area (Å²) >= 11 is 0. The van der Waals surface area contributed by atoms with Crippen LogP contribution in [0.25, 0.3) is 0 Å². The van der Waals surface area contributed by atoms with Crippen molar-refractivity contribution in [3.63, 3.8) is 0 Å². The predicted octanol–water partition coefficient (Wildman–Crippen LogP) is 3.25. The largest absolute Gasteiger partial charge is 0.444 e. The number of hydrogen-bond donors (Lipinski definition) is 1. The lowest BCUT2D eigenvalue weighted by Crippen LogP contribution is -2.43. The number of nitrogens with one attached hydrogen (secondary N) is 1. The van der Waals surface area contributed by atoms with Crippen molar-refractivity contribution in [2.75, 3.05) is 0 Å². The highest BCUT2D eigenvalue weighted by Gasteiger charge is 2.24. The number of ether oxygens (including phenoxy) is 1. The number of hydrogen-bond acceptors (Lipinski definition) is 4. The molecule has 0 unspecified atom stereocenters. The summed E-state index contributed by atoms with van der Waals surface area (Å²) in [7, 11) is 0. The molecule has 0 aliphatic carbocycles. The summed E-state index contributed by atoms with van der Waals surface area (Å²) in [6.07, 6.45) is 1.15. The van der Waals surface area contributed by atoms with Gasteiger partial charge in [-0.1, -0.05) is 13.8 Å². The lowest BCUT2D eigenvalue weighted by molar-refractivity contribution is -0.122. The molecule has 21 heavy (non-hydrogen) atoms. The van der Waals surface area contributed by atoms with E-state index in [1.54, 1.807) is 20.8 Å². The zero-order valence-electron chi connectivity index (χ0n) is 14.1. The molecule has 0 radical (unpaired) electrons. The summed E-state index contributed by atoms with van der Waals surface area (Å²) in [4.78, 5) is 35.1. The van der Waals surface area contributed by atoms with Gasteiger partial charge in [-0.25, -0.2) is 4.79 Å². The SMILES string of the molecule is CC(=O)CC[C@@H](NC(=O)OC(C)(C)C)C(=O)CCC(C)C. The predicted molar refractivity (Wildman–Crippen MR) is 82.2 cm³/mol. The molecule has 0 saturated carbocycles. The molecule has 0 aromatic carbocycles. The number of amides is 1. The van der Waals surface area contributed by atoms with Crippen molar-refractivity contribution in [3.05, 3.63) is 0 Å². The topological polar surface area (TPSA) is 72.5 Å². The summed E-state index contributed by atoms with van der Waals surface area (Å²) in [6, 6.07) is -0.650. The van der Waals surface area contributed by atoms with E-state index in [0.717, 1.165) is 6.42 Å². The van der Waals surface area contributed by atoms with E-state index in [-0.39, 0.29) is 18.0 Å². The van der Waals surface area contributed by atoms with Crippen LogP contribution in [0.3, 0.4) is 0 Å². The minimum atomic E-state index is -0.650. The van der Waals surface area contributed by atoms with Crippen molar-refractivity contribution >= 4 is 17.7 Å². The van der Waals surface area contributed by atoms with E-state index >= 15 is 0 Å². The normalized spacial score (nSPS) is 12.9. The molecule has 0 rings (SSSR count). The second-order valence-electron chi connectivity index (χ2n) is 6.84. The van der Waals surface area contributed by atoms with E-state index in [4.69, 9.17) is 4.74 Å². The highest BCUT2D eigenvalue weighted by atomic mass is 16.6. The number of Topliss-reactive ketones (excluding diaryl/α,β-unsaturated/α-hetero) is 2. The number of rotatable bonds is 8. The molecule has 0 aliphatic rings. The Kier molecular flexibility index (Phi) is 8.22. The molecule has 0 fully saturated rings. The summed E-state index contributed by atoms with van der Waals surface area (Å²) in [5.41, 5.74) is -0.615. The van der Waals surface area contributed by atoms with Gasteiger partial charge >= 0.3 is 6.09 Å². The number of carbonyl (C=O) groups is 3. The van der Waals surface area contributed by atoms with Crippen LogP contribution < -0.4 is 5.32 Å². The quantitative estimate of drug-likeness (QED) is 0.746. The lowest BCUT2D eigenvalue weighted by Gasteiger charge is -2.23. The van der Waals surface area contributed by atoms with Gasteiger partial charge in [0.15, 0.2) is 5.78 Å². The average Bonchev–Trinajstić information content (AvgIpc) is 2.28. The first-order chi connectivity index (χ1) is 9.51. The van der Waals surface area contributed by atoms with Crippen molar-refractivity contribution in [1.29, 1.82) is 0 Å². The van der Waals surface area contributed by atoms with Crippen molar-refractivity contribution < 1.29 is 19.1 Å². The van der Waals surface area contributed by atoms with E-state index in [0.29, 0.717) is 18.8 Å². The Bertz CT molecular complexity index is 369. The maximum atomic E-state index is 12.2. The third-order valence-corrected chi connectivity index (χ3v) is 2.83. The van der Waals surface area contributed by atoms with Crippen LogP contribution >= 0.6 is 0 Å². The fourth-order valence-corrected chi connectivity index (χ4v) is 1.72. The van der Waals surface area contributed by atoms with Gasteiger partial charge in [-0.05, 0) is 46.5 Å². The van der Waals surface area contributed by atoms with Gasteiger partial charge in [0.25, 0.3) is 0 Å². The Balaban J connectivity index is 4.61. The fraction of sp³-hybridized carbons (Fsp3) is 0.812. The first-order valence-electron chi connectivity index (χ1n) is 7.53. The lowest BCUT2D eigenvalue weighted by atomic mass is 9.98. The van der Waals surface area contributed by atoms with Crippen LogP contribution in [-0.4, -0.2) is 29.3 Å². The van der Waals surface area contributed by atoms with Crippen LogP contribution in [0.15, 0.2) is 0 Å². The van der Waals surface area contributed by atoms with Crippen LogP contribution in [0, 0.1) is 5.92 Å². The molecule has 0 aromatic heterocycles. The van der Waals surface area contributed by atoms with Crippen molar-refractivity contribution in [2.24, 2.45) is 5.92 Å². The third-order valence-electron chi connectivity index (χ3n) is 2.83. The minimum Gasteiger partial charge on any atom is -0.444 e. The van der Waals surface area contributed by atoms with Crippen LogP contribution in [-0.2, 0) is 14.3 Å². The number of alkyl carbamates (subject to hydrolysis) is 1. The van der Waals surface area contributed by atoms with Crippen molar-refractivity contribution in [1.82, 2.24) is 5.32 Å². The van der Waals surface area contributed by atoms with Crippen LogP contribution in [0.2, 0.25) is 0 Å². The van der Waals surface area contributed by atoms with Gasteiger partial charge < -0.3 is 14.8 Å². The molecule has 122 valence electrons. The Labute approximate surface area is 127 Å². The van der Waals surface area contributed by atoms with Crippen LogP contribution in [0.1, 0.15) is 67.2 Å². The highest BCUT2D eigenvalue weighted by Crippen LogP contribution is 2.11. The first kappa shape index (κ1) is 19.6. The third kappa shape index (κ3) is 11.0. The second kappa shape index (κ2) is 8.80. The van der Waals surface area contributed by atoms with E-state index in [1.165, 1.54) is 6.92 Å². The molecule has 5 nitrogen and oxygen atoms in total.